The van der Waals surface area contributed by atoms with E-state index < -0.39 is 0 Å². The molecule has 2 aromatic rings. The molecule has 0 aliphatic carbocycles. The molecule has 0 saturated heterocycles. The second kappa shape index (κ2) is 34.7. The van der Waals surface area contributed by atoms with E-state index in [2.05, 4.69) is 93.0 Å². The summed E-state index contributed by atoms with van der Waals surface area (Å²) in [6, 6.07) is 16.7. The van der Waals surface area contributed by atoms with Crippen LogP contribution in [0.1, 0.15) is 225 Å². The molecule has 0 aliphatic heterocycles. The molecule has 2 nitrogen and oxygen atoms in total. The zero-order chi connectivity index (χ0) is 37.7. The van der Waals surface area contributed by atoms with Gasteiger partial charge in [0.1, 0.15) is 0 Å². The van der Waals surface area contributed by atoms with Crippen LogP contribution < -0.4 is 0 Å². The van der Waals surface area contributed by atoms with Gasteiger partial charge in [0.2, 0.25) is 0 Å². The molecule has 0 amide bonds. The van der Waals surface area contributed by atoms with Crippen molar-refractivity contribution in [3.8, 4) is 23.7 Å². The summed E-state index contributed by atoms with van der Waals surface area (Å²) in [5, 5.41) is 0. The minimum Gasteiger partial charge on any atom is -0.255 e. The molecular weight excluding hydrogens is 641 g/mol. The third kappa shape index (κ3) is 27.2. The molecule has 0 atom stereocenters. The molecule has 2 heteroatoms. The molecule has 2 rings (SSSR count). The Hall–Kier alpha value is -3.10. The lowest BCUT2D eigenvalue weighted by atomic mass is 10.0. The summed E-state index contributed by atoms with van der Waals surface area (Å²) in [7, 11) is 0. The molecule has 0 radical (unpaired) electrons. The molecule has 53 heavy (non-hydrogen) atoms. The van der Waals surface area contributed by atoms with Gasteiger partial charge in [-0.1, -0.05) is 199 Å². The smallest absolute Gasteiger partial charge is 0.0634 e. The molecule has 0 N–H and O–H groups in total. The van der Waals surface area contributed by atoms with Gasteiger partial charge in [0.05, 0.1) is 17.1 Å². The van der Waals surface area contributed by atoms with Crippen molar-refractivity contribution < 1.29 is 0 Å². The molecule has 0 bridgehead atoms. The lowest BCUT2D eigenvalue weighted by Crippen LogP contribution is -1.99. The van der Waals surface area contributed by atoms with Crippen molar-refractivity contribution >= 4 is 23.3 Å². The largest absolute Gasteiger partial charge is 0.255 e. The van der Waals surface area contributed by atoms with Crippen molar-refractivity contribution in [3.05, 3.63) is 59.7 Å². The van der Waals surface area contributed by atoms with E-state index >= 15 is 0 Å². The first-order chi connectivity index (χ1) is 26.2. The first-order valence-electron chi connectivity index (χ1n) is 22.5. The van der Waals surface area contributed by atoms with E-state index in [4.69, 9.17) is 9.98 Å². The van der Waals surface area contributed by atoms with Gasteiger partial charge in [-0.2, -0.15) is 0 Å². The Balaban J connectivity index is 1.69. The van der Waals surface area contributed by atoms with E-state index in [1.54, 1.807) is 0 Å². The van der Waals surface area contributed by atoms with E-state index in [1.165, 1.54) is 167 Å². The normalized spacial score (nSPS) is 11.4. The van der Waals surface area contributed by atoms with Gasteiger partial charge in [0, 0.05) is 30.2 Å². The summed E-state index contributed by atoms with van der Waals surface area (Å²) in [6.07, 6.45) is 41.5. The second-order valence-electron chi connectivity index (χ2n) is 15.3. The maximum Gasteiger partial charge on any atom is 0.0634 e. The van der Waals surface area contributed by atoms with Crippen molar-refractivity contribution in [1.29, 1.82) is 0 Å². The Labute approximate surface area is 329 Å². The summed E-state index contributed by atoms with van der Waals surface area (Å²) in [5.41, 5.74) is 5.07. The van der Waals surface area contributed by atoms with Gasteiger partial charge in [0.25, 0.3) is 0 Å². The topological polar surface area (TPSA) is 24.7 Å². The summed E-state index contributed by atoms with van der Waals surface area (Å²) < 4.78 is 0. The van der Waals surface area contributed by atoms with Crippen LogP contribution in [-0.4, -0.2) is 11.9 Å². The van der Waals surface area contributed by atoms with Crippen LogP contribution in [0.3, 0.4) is 0 Å². The Bertz CT molecular complexity index is 1310. The molecular formula is C51H78N2. The van der Waals surface area contributed by atoms with Crippen molar-refractivity contribution in [2.24, 2.45) is 9.98 Å². The van der Waals surface area contributed by atoms with Crippen LogP contribution in [0.2, 0.25) is 0 Å². The van der Waals surface area contributed by atoms with E-state index in [-0.39, 0.29) is 0 Å². The molecule has 0 heterocycles. The predicted octanol–water partition coefficient (Wildman–Crippen LogP) is 16.6. The first kappa shape index (κ1) is 46.1. The highest BCUT2D eigenvalue weighted by Crippen LogP contribution is 2.18. The lowest BCUT2D eigenvalue weighted by Gasteiger charge is -2.03. The number of unbranched alkanes of at least 4 members (excludes halogenated alkanes) is 26. The maximum absolute atomic E-state index is 4.98. The van der Waals surface area contributed by atoms with Gasteiger partial charge in [-0.3, -0.25) is 9.98 Å². The van der Waals surface area contributed by atoms with Crippen LogP contribution in [0.5, 0.6) is 0 Å². The van der Waals surface area contributed by atoms with Gasteiger partial charge in [-0.05, 0) is 74.2 Å². The summed E-state index contributed by atoms with van der Waals surface area (Å²) in [5.74, 6) is 13.5. The molecule has 2 aromatic carbocycles. The average Bonchev–Trinajstić information content (AvgIpc) is 3.18. The van der Waals surface area contributed by atoms with Crippen LogP contribution in [0, 0.1) is 23.7 Å². The minimum atomic E-state index is 0.931. The minimum absolute atomic E-state index is 0.931. The van der Waals surface area contributed by atoms with Gasteiger partial charge in [-0.25, -0.2) is 0 Å². The maximum atomic E-state index is 4.98. The lowest BCUT2D eigenvalue weighted by molar-refractivity contribution is 0.545. The zero-order valence-corrected chi connectivity index (χ0v) is 34.8. The van der Waals surface area contributed by atoms with Crippen LogP contribution in [-0.2, 0) is 0 Å². The zero-order valence-electron chi connectivity index (χ0n) is 34.8. The molecule has 0 unspecified atom stereocenters. The fraction of sp³-hybridized carbons (Fsp3) is 0.647. The molecule has 0 aromatic heterocycles. The molecule has 0 fully saturated rings. The summed E-state index contributed by atoms with van der Waals surface area (Å²) in [4.78, 5) is 9.77. The monoisotopic (exact) mass is 719 g/mol. The molecule has 292 valence electrons. The average molecular weight is 719 g/mol. The third-order valence-corrected chi connectivity index (χ3v) is 10.2. The first-order valence-corrected chi connectivity index (χ1v) is 22.5. The standard InChI is InChI=1S/C51H78N2/c1-4-7-10-12-14-16-18-20-22-24-26-28-30-33-35-47-38-42-49(43-39-47)52-46-51(37-32-9-6-3)53-50-44-40-48(41-45-50)36-34-31-29-27-25-23-21-19-17-15-13-11-8-5-2/h38-46H,4-32,37H2,1-3H3. The predicted molar refractivity (Wildman–Crippen MR) is 237 cm³/mol. The Morgan fingerprint density at radius 2 is 0.755 bits per heavy atom. The summed E-state index contributed by atoms with van der Waals surface area (Å²) in [6.45, 7) is 6.82. The number of hydrogen-bond acceptors (Lipinski definition) is 2. The number of nitrogens with zero attached hydrogens (tertiary/aromatic N) is 2. The Morgan fingerprint density at radius 1 is 0.415 bits per heavy atom. The van der Waals surface area contributed by atoms with E-state index in [9.17, 15) is 0 Å². The number of benzene rings is 2. The number of rotatable bonds is 31. The van der Waals surface area contributed by atoms with Crippen LogP contribution in [0.4, 0.5) is 11.4 Å². The Morgan fingerprint density at radius 3 is 1.15 bits per heavy atom. The van der Waals surface area contributed by atoms with E-state index in [0.29, 0.717) is 0 Å². The second-order valence-corrected chi connectivity index (χ2v) is 15.3. The van der Waals surface area contributed by atoms with Gasteiger partial charge in [-0.15, -0.1) is 0 Å². The van der Waals surface area contributed by atoms with Crippen molar-refractivity contribution in [1.82, 2.24) is 0 Å². The fourth-order valence-corrected chi connectivity index (χ4v) is 6.71. The highest BCUT2D eigenvalue weighted by atomic mass is 14.8. The summed E-state index contributed by atoms with van der Waals surface area (Å²) >= 11 is 0. The quantitative estimate of drug-likeness (QED) is 0.0421. The number of aliphatic imine (C=N–C) groups is 2. The van der Waals surface area contributed by atoms with E-state index in [1.807, 2.05) is 6.21 Å². The van der Waals surface area contributed by atoms with Crippen molar-refractivity contribution in [2.75, 3.05) is 0 Å². The van der Waals surface area contributed by atoms with Crippen molar-refractivity contribution in [3.63, 3.8) is 0 Å². The van der Waals surface area contributed by atoms with Gasteiger partial charge in [0.15, 0.2) is 0 Å². The van der Waals surface area contributed by atoms with Crippen molar-refractivity contribution in [2.45, 2.75) is 213 Å². The molecule has 0 saturated carbocycles. The third-order valence-electron chi connectivity index (χ3n) is 10.2. The molecule has 0 aliphatic rings. The highest BCUT2D eigenvalue weighted by molar-refractivity contribution is 6.31. The van der Waals surface area contributed by atoms with E-state index in [0.717, 1.165) is 53.9 Å². The van der Waals surface area contributed by atoms with Crippen LogP contribution in [0.15, 0.2) is 58.5 Å². The SMILES string of the molecule is CCCCCCCCCCCCCCC#Cc1ccc(N=CC(CCCCC)=Nc2ccc(C#CCCCCCCCCCCCCCC)cc2)cc1. The number of hydrogen-bond donors (Lipinski definition) is 0. The van der Waals surface area contributed by atoms with Gasteiger partial charge >= 0.3 is 0 Å². The molecule has 0 spiro atoms. The Kier molecular flexibility index (Phi) is 30.1. The fourth-order valence-electron chi connectivity index (χ4n) is 6.71. The van der Waals surface area contributed by atoms with Crippen LogP contribution in [0.25, 0.3) is 0 Å². The highest BCUT2D eigenvalue weighted by Gasteiger charge is 2.00. The van der Waals surface area contributed by atoms with Gasteiger partial charge < -0.3 is 0 Å². The van der Waals surface area contributed by atoms with Crippen LogP contribution >= 0.6 is 0 Å².